The number of hydrogen-bond donors (Lipinski definition) is 1. The van der Waals surface area contributed by atoms with Crippen molar-refractivity contribution in [2.75, 3.05) is 0 Å². The summed E-state index contributed by atoms with van der Waals surface area (Å²) in [5.41, 5.74) is 6.19. The van der Waals surface area contributed by atoms with Crippen LogP contribution in [0.1, 0.15) is 27.1 Å². The summed E-state index contributed by atoms with van der Waals surface area (Å²) in [4.78, 5) is 4.70. The molecule has 90 valence electrons. The third-order valence-corrected chi connectivity index (χ3v) is 3.57. The summed E-state index contributed by atoms with van der Waals surface area (Å²) in [6.07, 6.45) is 1.56. The Labute approximate surface area is 102 Å². The third-order valence-electron chi connectivity index (χ3n) is 2.58. The zero-order chi connectivity index (χ0) is 12.6. The second-order valence-electron chi connectivity index (χ2n) is 3.85. The molecule has 1 atom stereocenters. The second kappa shape index (κ2) is 4.50. The van der Waals surface area contributed by atoms with E-state index in [1.165, 1.54) is 23.5 Å². The van der Waals surface area contributed by atoms with Crippen LogP contribution in [0.4, 0.5) is 8.78 Å². The van der Waals surface area contributed by atoms with Crippen LogP contribution >= 0.6 is 11.3 Å². The average molecular weight is 254 g/mol. The van der Waals surface area contributed by atoms with Gasteiger partial charge >= 0.3 is 0 Å². The lowest BCUT2D eigenvalue weighted by atomic mass is 10.0. The highest BCUT2D eigenvalue weighted by Gasteiger charge is 2.21. The number of benzene rings is 1. The van der Waals surface area contributed by atoms with Gasteiger partial charge in [-0.2, -0.15) is 0 Å². The van der Waals surface area contributed by atoms with Crippen LogP contribution in [0.5, 0.6) is 0 Å². The fraction of sp³-hybridized carbons (Fsp3) is 0.250. The van der Waals surface area contributed by atoms with Crippen molar-refractivity contribution < 1.29 is 8.78 Å². The van der Waals surface area contributed by atoms with Crippen molar-refractivity contribution in [2.24, 2.45) is 5.73 Å². The Bertz CT molecular complexity index is 551. The molecule has 0 aliphatic carbocycles. The molecule has 2 rings (SSSR count). The summed E-state index contributed by atoms with van der Waals surface area (Å²) in [6, 6.07) is 1.83. The van der Waals surface area contributed by atoms with Crippen LogP contribution in [0.3, 0.4) is 0 Å². The van der Waals surface area contributed by atoms with E-state index in [0.717, 1.165) is 5.01 Å². The topological polar surface area (TPSA) is 38.9 Å². The summed E-state index contributed by atoms with van der Waals surface area (Å²) >= 11 is 1.34. The molecule has 0 saturated carbocycles. The largest absolute Gasteiger partial charge is 0.319 e. The van der Waals surface area contributed by atoms with Gasteiger partial charge in [-0.25, -0.2) is 13.8 Å². The van der Waals surface area contributed by atoms with Gasteiger partial charge in [0.25, 0.3) is 0 Å². The minimum absolute atomic E-state index is 0.0892. The van der Waals surface area contributed by atoms with Crippen LogP contribution in [0.25, 0.3) is 0 Å². The van der Waals surface area contributed by atoms with E-state index in [9.17, 15) is 8.78 Å². The first kappa shape index (κ1) is 12.1. The predicted octanol–water partition coefficient (Wildman–Crippen LogP) is 3.09. The standard InChI is InChI=1S/C12H12F2N2S/c1-6-3-4-8(13)10(11(6)14)12(15)9-5-16-7(2)17-9/h3-5,12H,15H2,1-2H3. The summed E-state index contributed by atoms with van der Waals surface area (Å²) in [5, 5.41) is 0.823. The third kappa shape index (κ3) is 2.21. The number of nitrogens with two attached hydrogens (primary N) is 1. The SMILES string of the molecule is Cc1ncc(C(N)c2c(F)ccc(C)c2F)s1. The number of nitrogens with zero attached hydrogens (tertiary/aromatic N) is 1. The van der Waals surface area contributed by atoms with E-state index < -0.39 is 17.7 Å². The first-order chi connectivity index (χ1) is 8.00. The molecule has 0 saturated heterocycles. The van der Waals surface area contributed by atoms with E-state index >= 15 is 0 Å². The molecular weight excluding hydrogens is 242 g/mol. The normalized spacial score (nSPS) is 12.8. The molecule has 0 bridgehead atoms. The predicted molar refractivity (Wildman–Crippen MR) is 64.0 cm³/mol. The first-order valence-corrected chi connectivity index (χ1v) is 5.94. The Kier molecular flexibility index (Phi) is 3.22. The van der Waals surface area contributed by atoms with Gasteiger partial charge < -0.3 is 5.73 Å². The summed E-state index contributed by atoms with van der Waals surface area (Å²) in [5.74, 6) is -1.20. The van der Waals surface area contributed by atoms with Crippen LogP contribution in [-0.4, -0.2) is 4.98 Å². The van der Waals surface area contributed by atoms with Gasteiger partial charge in [0.1, 0.15) is 11.6 Å². The fourth-order valence-corrected chi connectivity index (χ4v) is 2.42. The Hall–Kier alpha value is -1.33. The molecule has 17 heavy (non-hydrogen) atoms. The summed E-state index contributed by atoms with van der Waals surface area (Å²) < 4.78 is 27.5. The van der Waals surface area contributed by atoms with Crippen LogP contribution in [0.2, 0.25) is 0 Å². The fourth-order valence-electron chi connectivity index (χ4n) is 1.63. The smallest absolute Gasteiger partial charge is 0.134 e. The van der Waals surface area contributed by atoms with E-state index in [0.29, 0.717) is 10.4 Å². The van der Waals surface area contributed by atoms with Crippen molar-refractivity contribution in [3.63, 3.8) is 0 Å². The molecule has 0 fully saturated rings. The maximum atomic E-state index is 13.9. The first-order valence-electron chi connectivity index (χ1n) is 5.13. The van der Waals surface area contributed by atoms with E-state index in [1.807, 2.05) is 6.92 Å². The van der Waals surface area contributed by atoms with Gasteiger partial charge in [0.2, 0.25) is 0 Å². The van der Waals surface area contributed by atoms with Gasteiger partial charge in [-0.3, -0.25) is 0 Å². The van der Waals surface area contributed by atoms with Crippen molar-refractivity contribution in [3.8, 4) is 0 Å². The quantitative estimate of drug-likeness (QED) is 0.894. The zero-order valence-corrected chi connectivity index (χ0v) is 10.3. The Balaban J connectivity index is 2.50. The number of aryl methyl sites for hydroxylation is 2. The van der Waals surface area contributed by atoms with Crippen molar-refractivity contribution in [1.29, 1.82) is 0 Å². The minimum atomic E-state index is -0.805. The molecule has 1 aromatic heterocycles. The van der Waals surface area contributed by atoms with E-state index in [1.54, 1.807) is 13.1 Å². The highest BCUT2D eigenvalue weighted by molar-refractivity contribution is 7.11. The molecule has 1 aromatic carbocycles. The average Bonchev–Trinajstić information content (AvgIpc) is 2.71. The maximum absolute atomic E-state index is 13.9. The molecule has 0 spiro atoms. The second-order valence-corrected chi connectivity index (χ2v) is 5.12. The van der Waals surface area contributed by atoms with Crippen LogP contribution < -0.4 is 5.73 Å². The molecule has 2 N–H and O–H groups in total. The monoisotopic (exact) mass is 254 g/mol. The Morgan fingerprint density at radius 3 is 2.59 bits per heavy atom. The number of thiazole rings is 1. The van der Waals surface area contributed by atoms with Gasteiger partial charge in [0.15, 0.2) is 0 Å². The Morgan fingerprint density at radius 1 is 1.29 bits per heavy atom. The number of rotatable bonds is 2. The summed E-state index contributed by atoms with van der Waals surface area (Å²) in [7, 11) is 0. The molecular formula is C12H12F2N2S. The van der Waals surface area contributed by atoms with Gasteiger partial charge in [0.05, 0.1) is 11.0 Å². The van der Waals surface area contributed by atoms with Crippen molar-refractivity contribution >= 4 is 11.3 Å². The number of aromatic nitrogens is 1. The maximum Gasteiger partial charge on any atom is 0.134 e. The zero-order valence-electron chi connectivity index (χ0n) is 9.50. The number of halogens is 2. The molecule has 5 heteroatoms. The lowest BCUT2D eigenvalue weighted by Gasteiger charge is -2.13. The Morgan fingerprint density at radius 2 is 2.00 bits per heavy atom. The minimum Gasteiger partial charge on any atom is -0.319 e. The van der Waals surface area contributed by atoms with Crippen molar-refractivity contribution in [2.45, 2.75) is 19.9 Å². The van der Waals surface area contributed by atoms with E-state index in [4.69, 9.17) is 5.73 Å². The van der Waals surface area contributed by atoms with Crippen LogP contribution in [-0.2, 0) is 0 Å². The molecule has 0 amide bonds. The van der Waals surface area contributed by atoms with Crippen LogP contribution in [0, 0.1) is 25.5 Å². The van der Waals surface area contributed by atoms with Crippen molar-refractivity contribution in [1.82, 2.24) is 4.98 Å². The molecule has 0 aliphatic rings. The van der Waals surface area contributed by atoms with Gasteiger partial charge in [-0.15, -0.1) is 11.3 Å². The molecule has 1 heterocycles. The van der Waals surface area contributed by atoms with Crippen LogP contribution in [0.15, 0.2) is 18.3 Å². The van der Waals surface area contributed by atoms with Crippen molar-refractivity contribution in [3.05, 3.63) is 51.0 Å². The number of hydrogen-bond acceptors (Lipinski definition) is 3. The molecule has 2 aromatic rings. The molecule has 2 nitrogen and oxygen atoms in total. The van der Waals surface area contributed by atoms with E-state index in [2.05, 4.69) is 4.98 Å². The highest BCUT2D eigenvalue weighted by atomic mass is 32.1. The van der Waals surface area contributed by atoms with Gasteiger partial charge in [-0.1, -0.05) is 6.07 Å². The van der Waals surface area contributed by atoms with E-state index in [-0.39, 0.29) is 5.56 Å². The molecule has 0 aliphatic heterocycles. The lowest BCUT2D eigenvalue weighted by Crippen LogP contribution is -2.15. The summed E-state index contributed by atoms with van der Waals surface area (Å²) in [6.45, 7) is 3.41. The highest BCUT2D eigenvalue weighted by Crippen LogP contribution is 2.29. The van der Waals surface area contributed by atoms with Gasteiger partial charge in [0, 0.05) is 16.6 Å². The molecule has 0 radical (unpaired) electrons. The van der Waals surface area contributed by atoms with Gasteiger partial charge in [-0.05, 0) is 25.5 Å². The molecule has 1 unspecified atom stereocenters. The lowest BCUT2D eigenvalue weighted by molar-refractivity contribution is 0.539.